The lowest BCUT2D eigenvalue weighted by Gasteiger charge is -2.30. The largest absolute Gasteiger partial charge is 0.312 e. The van der Waals surface area contributed by atoms with E-state index in [1.54, 1.807) is 30.0 Å². The topological polar surface area (TPSA) is 69.7 Å². The van der Waals surface area contributed by atoms with Crippen molar-refractivity contribution in [2.24, 2.45) is 5.92 Å². The van der Waals surface area contributed by atoms with Crippen LogP contribution in [-0.2, 0) is 27.9 Å². The first kappa shape index (κ1) is 23.0. The fourth-order valence-electron chi connectivity index (χ4n) is 4.60. The zero-order chi connectivity index (χ0) is 22.7. The lowest BCUT2D eigenvalue weighted by molar-refractivity contribution is -0.117. The number of piperidine rings is 1. The summed E-state index contributed by atoms with van der Waals surface area (Å²) >= 11 is 0. The molecule has 4 rings (SSSR count). The standard InChI is InChI=1S/C25H33N3O3S/c1-19-10-13-27(14-11-19)18-22-6-3-5-21(16-22)17-26-32(30,31)24-9-8-23(15-20(24)2)28-12-4-7-25(28)29/h3,5-6,8-9,15-16,19,26H,4,7,10-14,17-18H2,1-2H3. The summed E-state index contributed by atoms with van der Waals surface area (Å²) in [6, 6.07) is 13.3. The van der Waals surface area contributed by atoms with Gasteiger partial charge in [0.15, 0.2) is 0 Å². The molecule has 0 bridgehead atoms. The van der Waals surface area contributed by atoms with Crippen molar-refractivity contribution >= 4 is 21.6 Å². The molecule has 32 heavy (non-hydrogen) atoms. The van der Waals surface area contributed by atoms with E-state index in [4.69, 9.17) is 0 Å². The number of nitrogens with one attached hydrogen (secondary N) is 1. The van der Waals surface area contributed by atoms with Crippen LogP contribution < -0.4 is 9.62 Å². The highest BCUT2D eigenvalue weighted by Crippen LogP contribution is 2.26. The number of hydrogen-bond donors (Lipinski definition) is 1. The van der Waals surface area contributed by atoms with Crippen molar-refractivity contribution in [3.05, 3.63) is 59.2 Å². The Morgan fingerprint density at radius 2 is 1.78 bits per heavy atom. The lowest BCUT2D eigenvalue weighted by Crippen LogP contribution is -2.32. The van der Waals surface area contributed by atoms with Gasteiger partial charge in [0.25, 0.3) is 0 Å². The number of anilines is 1. The van der Waals surface area contributed by atoms with Crippen molar-refractivity contribution in [3.63, 3.8) is 0 Å². The van der Waals surface area contributed by atoms with E-state index >= 15 is 0 Å². The van der Waals surface area contributed by atoms with Crippen LogP contribution >= 0.6 is 0 Å². The molecule has 2 aliphatic rings. The number of nitrogens with zero attached hydrogens (tertiary/aromatic N) is 2. The molecule has 0 aromatic heterocycles. The molecule has 2 aromatic rings. The Hall–Kier alpha value is -2.22. The maximum Gasteiger partial charge on any atom is 0.241 e. The maximum absolute atomic E-state index is 13.0. The van der Waals surface area contributed by atoms with E-state index < -0.39 is 10.0 Å². The molecule has 2 fully saturated rings. The Labute approximate surface area is 191 Å². The third-order valence-corrected chi connectivity index (χ3v) is 8.13. The number of likely N-dealkylation sites (tertiary alicyclic amines) is 1. The molecule has 1 N–H and O–H groups in total. The van der Waals surface area contributed by atoms with Gasteiger partial charge in [0.2, 0.25) is 15.9 Å². The predicted molar refractivity (Wildman–Crippen MR) is 127 cm³/mol. The Morgan fingerprint density at radius 1 is 1.03 bits per heavy atom. The number of aryl methyl sites for hydroxylation is 1. The van der Waals surface area contributed by atoms with Gasteiger partial charge in [-0.1, -0.05) is 31.2 Å². The van der Waals surface area contributed by atoms with Gasteiger partial charge in [-0.2, -0.15) is 0 Å². The molecule has 2 heterocycles. The van der Waals surface area contributed by atoms with Crippen LogP contribution in [0.3, 0.4) is 0 Å². The average molecular weight is 456 g/mol. The van der Waals surface area contributed by atoms with E-state index in [1.807, 2.05) is 12.1 Å². The second-order valence-corrected chi connectivity index (χ2v) is 10.9. The molecule has 0 saturated carbocycles. The predicted octanol–water partition coefficient (Wildman–Crippen LogP) is 3.83. The molecule has 0 atom stereocenters. The summed E-state index contributed by atoms with van der Waals surface area (Å²) in [7, 11) is -3.65. The third kappa shape index (κ3) is 5.39. The highest BCUT2D eigenvalue weighted by Gasteiger charge is 2.24. The summed E-state index contributed by atoms with van der Waals surface area (Å²) in [5.41, 5.74) is 3.58. The zero-order valence-electron chi connectivity index (χ0n) is 19.0. The van der Waals surface area contributed by atoms with E-state index in [0.29, 0.717) is 18.5 Å². The van der Waals surface area contributed by atoms with Gasteiger partial charge in [0, 0.05) is 31.7 Å². The molecule has 7 heteroatoms. The summed E-state index contributed by atoms with van der Waals surface area (Å²) in [5.74, 6) is 0.900. The van der Waals surface area contributed by atoms with Crippen LogP contribution in [0.25, 0.3) is 0 Å². The van der Waals surface area contributed by atoms with Crippen molar-refractivity contribution in [2.75, 3.05) is 24.5 Å². The highest BCUT2D eigenvalue weighted by atomic mass is 32.2. The van der Waals surface area contributed by atoms with Crippen molar-refractivity contribution < 1.29 is 13.2 Å². The van der Waals surface area contributed by atoms with Crippen LogP contribution in [0.1, 0.15) is 49.3 Å². The molecular formula is C25H33N3O3S. The van der Waals surface area contributed by atoms with Gasteiger partial charge in [0.05, 0.1) is 4.90 Å². The number of carbonyl (C=O) groups excluding carboxylic acids is 1. The molecule has 2 aromatic carbocycles. The van der Waals surface area contributed by atoms with Gasteiger partial charge in [-0.15, -0.1) is 0 Å². The number of carbonyl (C=O) groups is 1. The van der Waals surface area contributed by atoms with Crippen LogP contribution in [0, 0.1) is 12.8 Å². The smallest absolute Gasteiger partial charge is 0.241 e. The van der Waals surface area contributed by atoms with Gasteiger partial charge in [0.1, 0.15) is 0 Å². The van der Waals surface area contributed by atoms with Crippen LogP contribution in [0.5, 0.6) is 0 Å². The van der Waals surface area contributed by atoms with Crippen LogP contribution in [-0.4, -0.2) is 38.9 Å². The molecular weight excluding hydrogens is 422 g/mol. The third-order valence-electron chi connectivity index (χ3n) is 6.57. The van der Waals surface area contributed by atoms with Crippen LogP contribution in [0.15, 0.2) is 47.4 Å². The minimum Gasteiger partial charge on any atom is -0.312 e. The summed E-state index contributed by atoms with van der Waals surface area (Å²) < 4.78 is 28.7. The zero-order valence-corrected chi connectivity index (χ0v) is 19.8. The van der Waals surface area contributed by atoms with Gasteiger partial charge < -0.3 is 4.90 Å². The number of sulfonamides is 1. The Kier molecular flexibility index (Phi) is 6.98. The van der Waals surface area contributed by atoms with Gasteiger partial charge in [-0.05, 0) is 80.1 Å². The van der Waals surface area contributed by atoms with Crippen LogP contribution in [0.2, 0.25) is 0 Å². The van der Waals surface area contributed by atoms with Crippen molar-refractivity contribution in [3.8, 4) is 0 Å². The van der Waals surface area contributed by atoms with E-state index in [1.165, 1.54) is 18.4 Å². The molecule has 2 aliphatic heterocycles. The SMILES string of the molecule is Cc1cc(N2CCCC2=O)ccc1S(=O)(=O)NCc1cccc(CN2CCC(C)CC2)c1. The minimum atomic E-state index is -3.65. The number of rotatable bonds is 7. The summed E-state index contributed by atoms with van der Waals surface area (Å²) in [6.45, 7) is 8.17. The molecule has 2 saturated heterocycles. The van der Waals surface area contributed by atoms with E-state index in [0.717, 1.165) is 43.2 Å². The molecule has 0 radical (unpaired) electrons. The number of benzene rings is 2. The highest BCUT2D eigenvalue weighted by molar-refractivity contribution is 7.89. The fraction of sp³-hybridized carbons (Fsp3) is 0.480. The first-order valence-corrected chi connectivity index (χ1v) is 13.0. The monoisotopic (exact) mass is 455 g/mol. The van der Waals surface area contributed by atoms with Gasteiger partial charge in [-0.3, -0.25) is 9.69 Å². The summed E-state index contributed by atoms with van der Waals surface area (Å²) in [6.07, 6.45) is 3.87. The first-order valence-electron chi connectivity index (χ1n) is 11.5. The summed E-state index contributed by atoms with van der Waals surface area (Å²) in [4.78, 5) is 16.4. The van der Waals surface area contributed by atoms with E-state index in [-0.39, 0.29) is 17.3 Å². The molecule has 6 nitrogen and oxygen atoms in total. The number of hydrogen-bond acceptors (Lipinski definition) is 4. The molecule has 172 valence electrons. The molecule has 1 amide bonds. The van der Waals surface area contributed by atoms with Gasteiger partial charge >= 0.3 is 0 Å². The molecule has 0 aliphatic carbocycles. The van der Waals surface area contributed by atoms with Gasteiger partial charge in [-0.25, -0.2) is 13.1 Å². The van der Waals surface area contributed by atoms with Crippen molar-refractivity contribution in [2.45, 2.75) is 57.5 Å². The Bertz CT molecular complexity index is 1080. The Morgan fingerprint density at radius 3 is 2.47 bits per heavy atom. The van der Waals surface area contributed by atoms with Crippen LogP contribution in [0.4, 0.5) is 5.69 Å². The average Bonchev–Trinajstić information content (AvgIpc) is 3.20. The molecule has 0 spiro atoms. The van der Waals surface area contributed by atoms with E-state index in [2.05, 4.69) is 28.7 Å². The fourth-order valence-corrected chi connectivity index (χ4v) is 5.84. The Balaban J connectivity index is 1.40. The normalized spacial score (nSPS) is 18.4. The maximum atomic E-state index is 13.0. The van der Waals surface area contributed by atoms with Crippen molar-refractivity contribution in [1.82, 2.24) is 9.62 Å². The second-order valence-electron chi connectivity index (χ2n) is 9.20. The first-order chi connectivity index (χ1) is 15.3. The number of amides is 1. The molecule has 0 unspecified atom stereocenters. The second kappa shape index (κ2) is 9.73. The van der Waals surface area contributed by atoms with E-state index in [9.17, 15) is 13.2 Å². The summed E-state index contributed by atoms with van der Waals surface area (Å²) in [5, 5.41) is 0. The van der Waals surface area contributed by atoms with Crippen molar-refractivity contribution in [1.29, 1.82) is 0 Å². The minimum absolute atomic E-state index is 0.0945. The quantitative estimate of drug-likeness (QED) is 0.689. The lowest BCUT2D eigenvalue weighted by atomic mass is 9.98.